The van der Waals surface area contributed by atoms with Crippen molar-refractivity contribution in [2.24, 2.45) is 5.92 Å². The van der Waals surface area contributed by atoms with Crippen LogP contribution in [0.25, 0.3) is 0 Å². The predicted octanol–water partition coefficient (Wildman–Crippen LogP) is 3.41. The van der Waals surface area contributed by atoms with E-state index in [1.54, 1.807) is 41.5 Å². The fourth-order valence-electron chi connectivity index (χ4n) is 2.84. The minimum atomic E-state index is -4.42. The number of carbonyl (C=O) groups is 3. The SMILES string of the molecule is CC(C)(C)OC(=O)C[C@@H](CN1CC(C(F)(F)F)CCC1=O)NC(=O)OC(C)(C)C. The van der Waals surface area contributed by atoms with E-state index in [1.807, 2.05) is 0 Å². The first kappa shape index (κ1) is 25.0. The van der Waals surface area contributed by atoms with Crippen LogP contribution in [0, 0.1) is 5.92 Å². The normalized spacial score (nSPS) is 19.6. The van der Waals surface area contributed by atoms with Gasteiger partial charge in [-0.1, -0.05) is 0 Å². The molecule has 1 saturated heterocycles. The zero-order chi connectivity index (χ0) is 22.6. The first-order valence-corrected chi connectivity index (χ1v) is 9.52. The first-order valence-electron chi connectivity index (χ1n) is 9.52. The van der Waals surface area contributed by atoms with E-state index in [9.17, 15) is 27.6 Å². The average molecular weight is 424 g/mol. The van der Waals surface area contributed by atoms with Crippen LogP contribution in [0.3, 0.4) is 0 Å². The number of alkyl halides is 3. The van der Waals surface area contributed by atoms with E-state index in [0.29, 0.717) is 0 Å². The number of esters is 1. The molecule has 0 aliphatic carbocycles. The highest BCUT2D eigenvalue weighted by Crippen LogP contribution is 2.33. The molecule has 1 unspecified atom stereocenters. The number of piperidine rings is 1. The van der Waals surface area contributed by atoms with Crippen molar-refractivity contribution in [2.75, 3.05) is 13.1 Å². The van der Waals surface area contributed by atoms with Crippen molar-refractivity contribution in [2.45, 2.75) is 84.2 Å². The Hall–Kier alpha value is -2.00. The van der Waals surface area contributed by atoms with Crippen molar-refractivity contribution in [3.05, 3.63) is 0 Å². The molecule has 2 amide bonds. The van der Waals surface area contributed by atoms with E-state index in [1.165, 1.54) is 0 Å². The molecule has 0 spiro atoms. The summed E-state index contributed by atoms with van der Waals surface area (Å²) in [6.07, 6.45) is -6.07. The van der Waals surface area contributed by atoms with Crippen LogP contribution < -0.4 is 5.32 Å². The third-order valence-corrected chi connectivity index (χ3v) is 3.96. The predicted molar refractivity (Wildman–Crippen MR) is 99.0 cm³/mol. The lowest BCUT2D eigenvalue weighted by Crippen LogP contribution is -2.52. The summed E-state index contributed by atoms with van der Waals surface area (Å²) in [6, 6.07) is -0.948. The van der Waals surface area contributed by atoms with Crippen LogP contribution in [-0.4, -0.2) is 59.4 Å². The minimum Gasteiger partial charge on any atom is -0.460 e. The molecule has 0 saturated carbocycles. The van der Waals surface area contributed by atoms with Gasteiger partial charge in [-0.15, -0.1) is 0 Å². The average Bonchev–Trinajstić information content (AvgIpc) is 2.43. The minimum absolute atomic E-state index is 0.240. The zero-order valence-electron chi connectivity index (χ0n) is 17.8. The summed E-state index contributed by atoms with van der Waals surface area (Å²) in [5.74, 6) is -2.73. The number of carbonyl (C=O) groups excluding carboxylic acids is 3. The summed E-state index contributed by atoms with van der Waals surface area (Å²) in [5, 5.41) is 2.47. The number of hydrogen-bond donors (Lipinski definition) is 1. The maximum Gasteiger partial charge on any atom is 0.407 e. The molecule has 1 aliphatic heterocycles. The largest absolute Gasteiger partial charge is 0.460 e. The summed E-state index contributed by atoms with van der Waals surface area (Å²) in [4.78, 5) is 37.5. The number of rotatable bonds is 5. The number of nitrogens with zero attached hydrogens (tertiary/aromatic N) is 1. The molecular formula is C19H31F3N2O5. The molecule has 0 bridgehead atoms. The second-order valence-corrected chi connectivity index (χ2v) is 9.21. The Bertz CT molecular complexity index is 578. The molecule has 0 radical (unpaired) electrons. The van der Waals surface area contributed by atoms with Crippen LogP contribution in [0.5, 0.6) is 0 Å². The Morgan fingerprint density at radius 3 is 2.14 bits per heavy atom. The third kappa shape index (κ3) is 9.85. The summed E-state index contributed by atoms with van der Waals surface area (Å²) in [7, 11) is 0. The van der Waals surface area contributed by atoms with Crippen molar-refractivity contribution < 1.29 is 37.0 Å². The van der Waals surface area contributed by atoms with Gasteiger partial charge in [-0.3, -0.25) is 9.59 Å². The first-order chi connectivity index (χ1) is 13.0. The van der Waals surface area contributed by atoms with Crippen molar-refractivity contribution in [1.82, 2.24) is 10.2 Å². The number of nitrogens with one attached hydrogen (secondary N) is 1. The second-order valence-electron chi connectivity index (χ2n) is 9.21. The van der Waals surface area contributed by atoms with Gasteiger partial charge in [-0.05, 0) is 48.0 Å². The Balaban J connectivity index is 2.89. The molecule has 168 valence electrons. The molecule has 1 rings (SSSR count). The topological polar surface area (TPSA) is 84.9 Å². The third-order valence-electron chi connectivity index (χ3n) is 3.96. The molecule has 7 nitrogen and oxygen atoms in total. The van der Waals surface area contributed by atoms with E-state index in [2.05, 4.69) is 5.32 Å². The Labute approximate surface area is 169 Å². The summed E-state index contributed by atoms with van der Waals surface area (Å²) in [5.41, 5.74) is -1.57. The highest BCUT2D eigenvalue weighted by Gasteiger charge is 2.44. The van der Waals surface area contributed by atoms with Crippen LogP contribution in [0.4, 0.5) is 18.0 Å². The molecule has 2 atom stereocenters. The maximum absolute atomic E-state index is 13.1. The summed E-state index contributed by atoms with van der Waals surface area (Å²) >= 11 is 0. The number of halogens is 3. The monoisotopic (exact) mass is 424 g/mol. The molecule has 1 heterocycles. The maximum atomic E-state index is 13.1. The Kier molecular flexibility index (Phi) is 7.95. The lowest BCUT2D eigenvalue weighted by atomic mass is 9.96. The molecule has 0 aromatic heterocycles. The van der Waals surface area contributed by atoms with Crippen LogP contribution in [0.15, 0.2) is 0 Å². The Morgan fingerprint density at radius 1 is 1.10 bits per heavy atom. The van der Waals surface area contributed by atoms with Gasteiger partial charge >= 0.3 is 18.2 Å². The lowest BCUT2D eigenvalue weighted by Gasteiger charge is -2.36. The van der Waals surface area contributed by atoms with Gasteiger partial charge in [-0.2, -0.15) is 13.2 Å². The number of likely N-dealkylation sites (tertiary alicyclic amines) is 1. The molecule has 29 heavy (non-hydrogen) atoms. The molecule has 1 aliphatic rings. The highest BCUT2D eigenvalue weighted by atomic mass is 19.4. The van der Waals surface area contributed by atoms with Crippen molar-refractivity contribution in [1.29, 1.82) is 0 Å². The van der Waals surface area contributed by atoms with Crippen molar-refractivity contribution in [3.63, 3.8) is 0 Å². The van der Waals surface area contributed by atoms with Gasteiger partial charge in [-0.25, -0.2) is 4.79 Å². The van der Waals surface area contributed by atoms with E-state index in [-0.39, 0.29) is 25.8 Å². The van der Waals surface area contributed by atoms with Crippen molar-refractivity contribution >= 4 is 18.0 Å². The van der Waals surface area contributed by atoms with Crippen LogP contribution >= 0.6 is 0 Å². The summed E-state index contributed by atoms with van der Waals surface area (Å²) < 4.78 is 49.6. The van der Waals surface area contributed by atoms with Gasteiger partial charge in [0.1, 0.15) is 11.2 Å². The van der Waals surface area contributed by atoms with Crippen LogP contribution in [0.2, 0.25) is 0 Å². The zero-order valence-corrected chi connectivity index (χ0v) is 17.8. The van der Waals surface area contributed by atoms with Gasteiger partial charge < -0.3 is 19.7 Å². The van der Waals surface area contributed by atoms with E-state index in [4.69, 9.17) is 9.47 Å². The number of amides is 2. The molecule has 1 fully saturated rings. The smallest absolute Gasteiger partial charge is 0.407 e. The van der Waals surface area contributed by atoms with Crippen LogP contribution in [0.1, 0.15) is 60.8 Å². The fraction of sp³-hybridized carbons (Fsp3) is 0.842. The molecule has 10 heteroatoms. The molecule has 0 aromatic rings. The van der Waals surface area contributed by atoms with Gasteiger partial charge in [0.25, 0.3) is 0 Å². The van der Waals surface area contributed by atoms with E-state index >= 15 is 0 Å². The second kappa shape index (κ2) is 9.21. The quantitative estimate of drug-likeness (QED) is 0.684. The highest BCUT2D eigenvalue weighted by molar-refractivity contribution is 5.78. The van der Waals surface area contributed by atoms with Gasteiger partial charge in [0, 0.05) is 19.5 Å². The number of ether oxygens (including phenoxy) is 2. The standard InChI is InChI=1S/C19H31F3N2O5/c1-17(2,3)28-15(26)9-13(23-16(27)29-18(4,5)6)11-24-10-12(19(20,21)22)7-8-14(24)25/h12-13H,7-11H2,1-6H3,(H,23,27)/t12?,13-/m0/s1. The fourth-order valence-corrected chi connectivity index (χ4v) is 2.84. The number of alkyl carbamates (subject to hydrolysis) is 1. The van der Waals surface area contributed by atoms with E-state index < -0.39 is 53.9 Å². The van der Waals surface area contributed by atoms with E-state index in [0.717, 1.165) is 4.90 Å². The summed E-state index contributed by atoms with van der Waals surface area (Å²) in [6.45, 7) is 9.20. The Morgan fingerprint density at radius 2 is 1.66 bits per heavy atom. The molecule has 1 N–H and O–H groups in total. The van der Waals surface area contributed by atoms with Gasteiger partial charge in [0.2, 0.25) is 5.91 Å². The van der Waals surface area contributed by atoms with Crippen molar-refractivity contribution in [3.8, 4) is 0 Å². The molecule has 0 aromatic carbocycles. The van der Waals surface area contributed by atoms with Crippen LogP contribution in [-0.2, 0) is 19.1 Å². The van der Waals surface area contributed by atoms with Gasteiger partial charge in [0.05, 0.1) is 18.4 Å². The molecular weight excluding hydrogens is 393 g/mol. The lowest BCUT2D eigenvalue weighted by molar-refractivity contribution is -0.189. The van der Waals surface area contributed by atoms with Gasteiger partial charge in [0.15, 0.2) is 0 Å². The number of hydrogen-bond acceptors (Lipinski definition) is 5.